The number of rotatable bonds is 14. The Morgan fingerprint density at radius 3 is 1.61 bits per heavy atom. The molecule has 0 aromatic carbocycles. The Labute approximate surface area is 143 Å². The van der Waals surface area contributed by atoms with Crippen LogP contribution in [0.4, 0.5) is 0 Å². The third-order valence-electron chi connectivity index (χ3n) is 3.84. The van der Waals surface area contributed by atoms with Crippen molar-refractivity contribution in [1.82, 2.24) is 0 Å². The minimum Gasteiger partial charge on any atom is -0.481 e. The molecule has 0 bridgehead atoms. The maximum Gasteiger partial charge on any atom is 0.303 e. The van der Waals surface area contributed by atoms with Crippen LogP contribution in [-0.2, 0) is 4.79 Å². The summed E-state index contributed by atoms with van der Waals surface area (Å²) in [6.45, 7) is 2.24. The second-order valence-corrected chi connectivity index (χ2v) is 6.14. The van der Waals surface area contributed by atoms with Gasteiger partial charge < -0.3 is 5.11 Å². The van der Waals surface area contributed by atoms with Gasteiger partial charge in [-0.3, -0.25) is 4.79 Å². The molecule has 0 saturated heterocycles. The van der Waals surface area contributed by atoms with E-state index in [-0.39, 0.29) is 0 Å². The standard InChI is InChI=1S/C21H34O2/c1-2-3-4-5-6-7-8-9-10-11-12-13-14-15-16-17-18-19-20-21(22)23/h2-8,13-20H2,1H3,(H,22,23). The summed E-state index contributed by atoms with van der Waals surface area (Å²) in [4.78, 5) is 10.3. The molecule has 2 heteroatoms. The molecular formula is C21H34O2. The zero-order valence-corrected chi connectivity index (χ0v) is 15.0. The molecule has 0 aliphatic heterocycles. The van der Waals surface area contributed by atoms with Crippen molar-refractivity contribution in [2.45, 2.75) is 103 Å². The molecular weight excluding hydrogens is 284 g/mol. The number of aliphatic carboxylic acids is 1. The fraction of sp³-hybridized carbons (Fsp3) is 0.762. The second kappa shape index (κ2) is 18.6. The van der Waals surface area contributed by atoms with Crippen molar-refractivity contribution in [1.29, 1.82) is 0 Å². The molecule has 0 amide bonds. The quantitative estimate of drug-likeness (QED) is 0.317. The molecule has 0 unspecified atom stereocenters. The SMILES string of the molecule is CCCCCCCCC#CC#CCCCCCCCCC(=O)O. The van der Waals surface area contributed by atoms with Gasteiger partial charge in [0.15, 0.2) is 0 Å². The average molecular weight is 319 g/mol. The van der Waals surface area contributed by atoms with Crippen molar-refractivity contribution in [2.75, 3.05) is 0 Å². The second-order valence-electron chi connectivity index (χ2n) is 6.14. The Hall–Kier alpha value is -1.41. The molecule has 0 aromatic rings. The van der Waals surface area contributed by atoms with Crippen LogP contribution in [0.3, 0.4) is 0 Å². The van der Waals surface area contributed by atoms with Crippen LogP contribution in [0.1, 0.15) is 103 Å². The largest absolute Gasteiger partial charge is 0.481 e. The molecule has 0 aromatic heterocycles. The summed E-state index contributed by atoms with van der Waals surface area (Å²) in [6.07, 6.45) is 16.6. The maximum absolute atomic E-state index is 10.3. The average Bonchev–Trinajstić information content (AvgIpc) is 2.53. The first kappa shape index (κ1) is 21.6. The molecule has 1 N–H and O–H groups in total. The number of carboxylic acid groups (broad SMARTS) is 1. The van der Waals surface area contributed by atoms with E-state index in [1.165, 1.54) is 51.4 Å². The molecule has 0 saturated carbocycles. The van der Waals surface area contributed by atoms with E-state index in [1.807, 2.05) is 0 Å². The van der Waals surface area contributed by atoms with E-state index in [0.717, 1.165) is 38.5 Å². The summed E-state index contributed by atoms with van der Waals surface area (Å²) >= 11 is 0. The van der Waals surface area contributed by atoms with Crippen molar-refractivity contribution in [3.63, 3.8) is 0 Å². The van der Waals surface area contributed by atoms with Gasteiger partial charge in [0, 0.05) is 19.3 Å². The van der Waals surface area contributed by atoms with Gasteiger partial charge in [0.1, 0.15) is 0 Å². The van der Waals surface area contributed by atoms with Gasteiger partial charge in [-0.25, -0.2) is 0 Å². The topological polar surface area (TPSA) is 37.3 Å². The van der Waals surface area contributed by atoms with Crippen LogP contribution in [0.25, 0.3) is 0 Å². The summed E-state index contributed by atoms with van der Waals surface area (Å²) in [5.74, 6) is 11.5. The molecule has 0 aliphatic carbocycles. The molecule has 130 valence electrons. The van der Waals surface area contributed by atoms with E-state index in [9.17, 15) is 4.79 Å². The number of hydrogen-bond acceptors (Lipinski definition) is 1. The Morgan fingerprint density at radius 1 is 0.696 bits per heavy atom. The van der Waals surface area contributed by atoms with E-state index < -0.39 is 5.97 Å². The van der Waals surface area contributed by atoms with Gasteiger partial charge in [-0.05, 0) is 31.1 Å². The van der Waals surface area contributed by atoms with E-state index in [1.54, 1.807) is 0 Å². The Kier molecular flexibility index (Phi) is 17.5. The first-order valence-corrected chi connectivity index (χ1v) is 9.45. The van der Waals surface area contributed by atoms with Gasteiger partial charge in [0.05, 0.1) is 0 Å². The van der Waals surface area contributed by atoms with Gasteiger partial charge in [-0.2, -0.15) is 0 Å². The number of unbranched alkanes of at least 4 members (excludes halogenated alkanes) is 12. The lowest BCUT2D eigenvalue weighted by molar-refractivity contribution is -0.137. The van der Waals surface area contributed by atoms with Crippen LogP contribution >= 0.6 is 0 Å². The van der Waals surface area contributed by atoms with Crippen molar-refractivity contribution < 1.29 is 9.90 Å². The van der Waals surface area contributed by atoms with Crippen molar-refractivity contribution >= 4 is 5.97 Å². The lowest BCUT2D eigenvalue weighted by atomic mass is 10.1. The Morgan fingerprint density at radius 2 is 1.13 bits per heavy atom. The number of hydrogen-bond donors (Lipinski definition) is 1. The highest BCUT2D eigenvalue weighted by molar-refractivity contribution is 5.66. The molecule has 0 radical (unpaired) electrons. The summed E-state index contributed by atoms with van der Waals surface area (Å²) < 4.78 is 0. The van der Waals surface area contributed by atoms with E-state index in [2.05, 4.69) is 30.6 Å². The lowest BCUT2D eigenvalue weighted by Gasteiger charge is -1.98. The fourth-order valence-electron chi connectivity index (χ4n) is 2.40. The smallest absolute Gasteiger partial charge is 0.303 e. The maximum atomic E-state index is 10.3. The third kappa shape index (κ3) is 20.6. The van der Waals surface area contributed by atoms with E-state index in [0.29, 0.717) is 6.42 Å². The molecule has 0 aliphatic rings. The zero-order valence-electron chi connectivity index (χ0n) is 15.0. The van der Waals surface area contributed by atoms with Crippen molar-refractivity contribution in [2.24, 2.45) is 0 Å². The normalized spacial score (nSPS) is 9.61. The zero-order chi connectivity index (χ0) is 17.0. The van der Waals surface area contributed by atoms with Crippen molar-refractivity contribution in [3.8, 4) is 23.7 Å². The molecule has 0 rings (SSSR count). The summed E-state index contributed by atoms with van der Waals surface area (Å²) in [6, 6.07) is 0. The molecule has 0 fully saturated rings. The van der Waals surface area contributed by atoms with Crippen LogP contribution in [-0.4, -0.2) is 11.1 Å². The van der Waals surface area contributed by atoms with Crippen LogP contribution in [0.2, 0.25) is 0 Å². The molecule has 0 heterocycles. The summed E-state index contributed by atoms with van der Waals surface area (Å²) in [5, 5.41) is 8.52. The molecule has 2 nitrogen and oxygen atoms in total. The fourth-order valence-corrected chi connectivity index (χ4v) is 2.40. The van der Waals surface area contributed by atoms with Gasteiger partial charge in [-0.15, -0.1) is 0 Å². The van der Waals surface area contributed by atoms with Gasteiger partial charge in [0.25, 0.3) is 0 Å². The summed E-state index contributed by atoms with van der Waals surface area (Å²) in [7, 11) is 0. The molecule has 23 heavy (non-hydrogen) atoms. The number of carbonyl (C=O) groups is 1. The third-order valence-corrected chi connectivity index (χ3v) is 3.84. The minimum atomic E-state index is -0.683. The highest BCUT2D eigenvalue weighted by Gasteiger charge is 1.96. The number of carboxylic acids is 1. The van der Waals surface area contributed by atoms with Gasteiger partial charge in [0.2, 0.25) is 0 Å². The molecule has 0 spiro atoms. The van der Waals surface area contributed by atoms with Gasteiger partial charge >= 0.3 is 5.97 Å². The highest BCUT2D eigenvalue weighted by Crippen LogP contribution is 2.08. The summed E-state index contributed by atoms with van der Waals surface area (Å²) in [5.41, 5.74) is 0. The Balaban J connectivity index is 3.27. The predicted molar refractivity (Wildman–Crippen MR) is 98.1 cm³/mol. The Bertz CT molecular complexity index is 390. The van der Waals surface area contributed by atoms with Crippen LogP contribution in [0.5, 0.6) is 0 Å². The van der Waals surface area contributed by atoms with E-state index >= 15 is 0 Å². The first-order valence-electron chi connectivity index (χ1n) is 9.45. The predicted octanol–water partition coefficient (Wildman–Crippen LogP) is 5.95. The van der Waals surface area contributed by atoms with Gasteiger partial charge in [-0.1, -0.05) is 76.6 Å². The minimum absolute atomic E-state index is 0.308. The van der Waals surface area contributed by atoms with Crippen molar-refractivity contribution in [3.05, 3.63) is 0 Å². The molecule has 0 atom stereocenters. The van der Waals surface area contributed by atoms with E-state index in [4.69, 9.17) is 5.11 Å². The lowest BCUT2D eigenvalue weighted by Crippen LogP contribution is -1.93. The van der Waals surface area contributed by atoms with Crippen LogP contribution in [0, 0.1) is 23.7 Å². The highest BCUT2D eigenvalue weighted by atomic mass is 16.4. The first-order chi connectivity index (χ1) is 11.3. The van der Waals surface area contributed by atoms with Crippen LogP contribution in [0.15, 0.2) is 0 Å². The van der Waals surface area contributed by atoms with Crippen LogP contribution < -0.4 is 0 Å². The monoisotopic (exact) mass is 318 g/mol.